The maximum Gasteiger partial charge on any atom is 0.256 e. The molecule has 4 aromatic rings. The number of aryl methyl sites for hydroxylation is 1. The molecule has 4 aromatic heterocycles. The fourth-order valence-electron chi connectivity index (χ4n) is 3.95. The van der Waals surface area contributed by atoms with Crippen LogP contribution < -0.4 is 10.6 Å². The summed E-state index contributed by atoms with van der Waals surface area (Å²) in [5.41, 5.74) is 3.05. The average Bonchev–Trinajstić information content (AvgIpc) is 3.30. The predicted octanol–water partition coefficient (Wildman–Crippen LogP) is 2.83. The topological polar surface area (TPSA) is 85.0 Å². The quantitative estimate of drug-likeness (QED) is 0.507. The first-order valence-corrected chi connectivity index (χ1v) is 10.1. The highest BCUT2D eigenvalue weighted by Gasteiger charge is 2.25. The Morgan fingerprint density at radius 3 is 2.94 bits per heavy atom. The highest BCUT2D eigenvalue weighted by atomic mass is 19.3. The fourth-order valence-corrected chi connectivity index (χ4v) is 3.95. The fraction of sp³-hybridized carbons (Fsp3) is 0.400. The van der Waals surface area contributed by atoms with Gasteiger partial charge in [-0.05, 0) is 38.1 Å². The van der Waals surface area contributed by atoms with Crippen molar-refractivity contribution in [2.24, 2.45) is 0 Å². The molecule has 2 N–H and O–H groups in total. The van der Waals surface area contributed by atoms with E-state index in [9.17, 15) is 13.2 Å². The van der Waals surface area contributed by atoms with Crippen molar-refractivity contribution < 1.29 is 13.2 Å². The van der Waals surface area contributed by atoms with Crippen molar-refractivity contribution >= 4 is 22.6 Å². The third kappa shape index (κ3) is 3.69. The van der Waals surface area contributed by atoms with Gasteiger partial charge < -0.3 is 15.2 Å². The first-order chi connectivity index (χ1) is 15.0. The highest BCUT2D eigenvalue weighted by molar-refractivity contribution is 5.82. The van der Waals surface area contributed by atoms with Crippen LogP contribution in [0.25, 0.3) is 27.9 Å². The Bertz CT molecular complexity index is 1230. The normalized spacial score (nSPS) is 19.5. The van der Waals surface area contributed by atoms with E-state index in [0.29, 0.717) is 47.1 Å². The molecule has 0 aliphatic carbocycles. The molecule has 0 bridgehead atoms. The molecule has 8 nitrogen and oxygen atoms in total. The summed E-state index contributed by atoms with van der Waals surface area (Å²) < 4.78 is 43.1. The second-order valence-electron chi connectivity index (χ2n) is 7.60. The highest BCUT2D eigenvalue weighted by Crippen LogP contribution is 2.26. The van der Waals surface area contributed by atoms with E-state index in [-0.39, 0.29) is 6.04 Å². The van der Waals surface area contributed by atoms with Crippen LogP contribution in [0.15, 0.2) is 30.6 Å². The molecule has 2 atom stereocenters. The van der Waals surface area contributed by atoms with E-state index in [1.165, 1.54) is 4.57 Å². The lowest BCUT2D eigenvalue weighted by atomic mass is 10.1. The number of alkyl halides is 3. The molecule has 1 fully saturated rings. The maximum atomic E-state index is 14.1. The van der Waals surface area contributed by atoms with Gasteiger partial charge in [0.05, 0.1) is 30.0 Å². The molecule has 5 rings (SSSR count). The summed E-state index contributed by atoms with van der Waals surface area (Å²) in [6, 6.07) is 5.07. The number of hydrogen-bond acceptors (Lipinski definition) is 6. The molecule has 11 heteroatoms. The molecule has 1 unspecified atom stereocenters. The predicted molar refractivity (Wildman–Crippen MR) is 110 cm³/mol. The average molecular weight is 430 g/mol. The van der Waals surface area contributed by atoms with E-state index >= 15 is 0 Å². The lowest BCUT2D eigenvalue weighted by Gasteiger charge is -2.27. The number of piperidine rings is 1. The number of pyridine rings is 1. The minimum atomic E-state index is -2.50. The second kappa shape index (κ2) is 7.80. The van der Waals surface area contributed by atoms with Crippen molar-refractivity contribution in [1.82, 2.24) is 34.4 Å². The molecule has 0 amide bonds. The zero-order chi connectivity index (χ0) is 21.5. The van der Waals surface area contributed by atoms with Crippen molar-refractivity contribution in [1.29, 1.82) is 0 Å². The number of fused-ring (bicyclic) bond motifs is 2. The number of aromatic nitrogens is 6. The van der Waals surface area contributed by atoms with Crippen LogP contribution in [0.2, 0.25) is 0 Å². The van der Waals surface area contributed by atoms with E-state index in [4.69, 9.17) is 0 Å². The smallest absolute Gasteiger partial charge is 0.256 e. The van der Waals surface area contributed by atoms with Gasteiger partial charge in [0.1, 0.15) is 17.5 Å². The molecule has 162 valence electrons. The Morgan fingerprint density at radius 1 is 1.26 bits per heavy atom. The van der Waals surface area contributed by atoms with E-state index in [2.05, 4.69) is 30.7 Å². The first-order valence-electron chi connectivity index (χ1n) is 10.1. The van der Waals surface area contributed by atoms with Crippen LogP contribution in [-0.2, 0) is 6.54 Å². The molecule has 1 aliphatic heterocycles. The summed E-state index contributed by atoms with van der Waals surface area (Å²) >= 11 is 0. The first kappa shape index (κ1) is 19.7. The summed E-state index contributed by atoms with van der Waals surface area (Å²) in [5, 5.41) is 10.5. The van der Waals surface area contributed by atoms with Gasteiger partial charge in [-0.2, -0.15) is 0 Å². The van der Waals surface area contributed by atoms with Gasteiger partial charge in [0, 0.05) is 18.3 Å². The molecule has 0 spiro atoms. The largest absolute Gasteiger partial charge is 0.347 e. The number of anilines is 1. The van der Waals surface area contributed by atoms with Crippen LogP contribution in [0.1, 0.15) is 12.2 Å². The van der Waals surface area contributed by atoms with Crippen LogP contribution >= 0.6 is 0 Å². The standard InChI is InChI=1S/C20H21F3N8/c1-11-26-16-3-2-14(27-19(16)30(11)10-18(22)23)12-5-7-31-17(12)9-25-20(29-31)28-15-4-6-24-8-13(15)21/h2-3,5,7,9,13,15,18,24H,4,6,8,10H2,1H3,(H,28,29)/t13?,15-/m1/s1. The number of rotatable bonds is 5. The summed E-state index contributed by atoms with van der Waals surface area (Å²) in [4.78, 5) is 13.3. The van der Waals surface area contributed by atoms with E-state index in [0.717, 1.165) is 12.1 Å². The van der Waals surface area contributed by atoms with Crippen molar-refractivity contribution in [2.45, 2.75) is 38.5 Å². The Labute approximate surface area is 175 Å². The van der Waals surface area contributed by atoms with Gasteiger partial charge >= 0.3 is 0 Å². The zero-order valence-electron chi connectivity index (χ0n) is 16.8. The van der Waals surface area contributed by atoms with Gasteiger partial charge in [-0.3, -0.25) is 0 Å². The molecular formula is C20H21F3N8. The Kier molecular flexibility index (Phi) is 4.97. The lowest BCUT2D eigenvalue weighted by molar-refractivity contribution is 0.127. The van der Waals surface area contributed by atoms with E-state index in [1.54, 1.807) is 36.0 Å². The van der Waals surface area contributed by atoms with Gasteiger partial charge in [-0.25, -0.2) is 32.6 Å². The number of halogens is 3. The van der Waals surface area contributed by atoms with Gasteiger partial charge in [-0.15, -0.1) is 5.10 Å². The van der Waals surface area contributed by atoms with Crippen molar-refractivity contribution in [3.8, 4) is 11.3 Å². The lowest BCUT2D eigenvalue weighted by Crippen LogP contribution is -2.45. The van der Waals surface area contributed by atoms with Gasteiger partial charge in [0.2, 0.25) is 5.95 Å². The second-order valence-corrected chi connectivity index (χ2v) is 7.60. The summed E-state index contributed by atoms with van der Waals surface area (Å²) in [7, 11) is 0. The Morgan fingerprint density at radius 2 is 2.13 bits per heavy atom. The van der Waals surface area contributed by atoms with E-state index < -0.39 is 19.1 Å². The SMILES string of the molecule is Cc1nc2ccc(-c3ccn4nc(N[C@@H]5CCNCC5F)ncc34)nc2n1CC(F)F. The van der Waals surface area contributed by atoms with Gasteiger partial charge in [-0.1, -0.05) is 0 Å². The number of imidazole rings is 1. The summed E-state index contributed by atoms with van der Waals surface area (Å²) in [6.45, 7) is 2.27. The molecule has 1 saturated heterocycles. The zero-order valence-corrected chi connectivity index (χ0v) is 16.8. The van der Waals surface area contributed by atoms with Crippen LogP contribution in [0.3, 0.4) is 0 Å². The Balaban J connectivity index is 1.48. The third-order valence-corrected chi connectivity index (χ3v) is 5.52. The third-order valence-electron chi connectivity index (χ3n) is 5.52. The molecule has 31 heavy (non-hydrogen) atoms. The maximum absolute atomic E-state index is 14.1. The van der Waals surface area contributed by atoms with Gasteiger partial charge in [0.15, 0.2) is 5.65 Å². The molecule has 1 aliphatic rings. The van der Waals surface area contributed by atoms with Crippen LogP contribution in [0.4, 0.5) is 19.1 Å². The van der Waals surface area contributed by atoms with Gasteiger partial charge in [0.25, 0.3) is 6.43 Å². The minimum Gasteiger partial charge on any atom is -0.347 e. The molecule has 5 heterocycles. The van der Waals surface area contributed by atoms with E-state index in [1.807, 2.05) is 6.07 Å². The summed E-state index contributed by atoms with van der Waals surface area (Å²) in [6.07, 6.45) is 0.549. The van der Waals surface area contributed by atoms with Crippen LogP contribution in [-0.4, -0.2) is 60.9 Å². The Hall–Kier alpha value is -3.21. The number of hydrogen-bond donors (Lipinski definition) is 2. The number of nitrogens with one attached hydrogen (secondary N) is 2. The molecule has 0 saturated carbocycles. The van der Waals surface area contributed by atoms with Crippen molar-refractivity contribution in [3.05, 3.63) is 36.4 Å². The van der Waals surface area contributed by atoms with Crippen LogP contribution in [0.5, 0.6) is 0 Å². The van der Waals surface area contributed by atoms with Crippen LogP contribution in [0, 0.1) is 6.92 Å². The van der Waals surface area contributed by atoms with Crippen molar-refractivity contribution in [2.75, 3.05) is 18.4 Å². The molecule has 0 aromatic carbocycles. The minimum absolute atomic E-state index is 0.309. The summed E-state index contributed by atoms with van der Waals surface area (Å²) in [5.74, 6) is 0.836. The monoisotopic (exact) mass is 430 g/mol. The molecular weight excluding hydrogens is 409 g/mol. The molecule has 0 radical (unpaired) electrons. The number of nitrogens with zero attached hydrogens (tertiary/aromatic N) is 6. The van der Waals surface area contributed by atoms with Crippen molar-refractivity contribution in [3.63, 3.8) is 0 Å².